The van der Waals surface area contributed by atoms with Crippen LogP contribution >= 0.6 is 23.2 Å². The molecule has 0 aliphatic carbocycles. The second-order valence-corrected chi connectivity index (χ2v) is 10.5. The van der Waals surface area contributed by atoms with Gasteiger partial charge in [0.25, 0.3) is 5.91 Å². The Bertz CT molecular complexity index is 1680. The molecular formula is C29H22Cl2F2N6O. The Labute approximate surface area is 238 Å². The number of nitrogens with zero attached hydrogens (tertiary/aromatic N) is 4. The van der Waals surface area contributed by atoms with Gasteiger partial charge in [0.2, 0.25) is 5.95 Å². The molecule has 4 aromatic rings. The molecule has 2 aliphatic rings. The molecule has 0 saturated carbocycles. The van der Waals surface area contributed by atoms with Crippen molar-refractivity contribution in [3.05, 3.63) is 105 Å². The van der Waals surface area contributed by atoms with Crippen LogP contribution in [0, 0.1) is 11.6 Å². The number of rotatable bonds is 4. The van der Waals surface area contributed by atoms with Crippen molar-refractivity contribution >= 4 is 46.5 Å². The van der Waals surface area contributed by atoms with Crippen LogP contribution in [-0.4, -0.2) is 45.6 Å². The van der Waals surface area contributed by atoms with Crippen LogP contribution in [0.5, 0.6) is 0 Å². The predicted octanol–water partition coefficient (Wildman–Crippen LogP) is 6.00. The van der Waals surface area contributed by atoms with E-state index >= 15 is 0 Å². The van der Waals surface area contributed by atoms with Crippen molar-refractivity contribution in [1.29, 1.82) is 0 Å². The first-order chi connectivity index (χ1) is 19.3. The summed E-state index contributed by atoms with van der Waals surface area (Å²) in [5, 5.41) is 3.80. The summed E-state index contributed by atoms with van der Waals surface area (Å²) in [6, 6.07) is 13.7. The van der Waals surface area contributed by atoms with Crippen LogP contribution in [0.25, 0.3) is 11.3 Å². The summed E-state index contributed by atoms with van der Waals surface area (Å²) in [6.07, 6.45) is 2.37. The molecule has 11 heteroatoms. The first kappa shape index (κ1) is 26.3. The number of benzene rings is 3. The van der Waals surface area contributed by atoms with Gasteiger partial charge in [-0.3, -0.25) is 9.79 Å². The highest BCUT2D eigenvalue weighted by atomic mass is 35.5. The van der Waals surface area contributed by atoms with Crippen molar-refractivity contribution in [1.82, 2.24) is 14.9 Å². The van der Waals surface area contributed by atoms with E-state index in [9.17, 15) is 13.6 Å². The molecule has 7 nitrogen and oxygen atoms in total. The van der Waals surface area contributed by atoms with E-state index in [1.807, 2.05) is 0 Å². The highest BCUT2D eigenvalue weighted by Gasteiger charge is 2.27. The second-order valence-electron chi connectivity index (χ2n) is 9.64. The van der Waals surface area contributed by atoms with Gasteiger partial charge in [0.05, 0.1) is 34.1 Å². The van der Waals surface area contributed by atoms with E-state index in [1.54, 1.807) is 47.5 Å². The number of aliphatic imine (C=N–C) groups is 1. The Hall–Kier alpha value is -3.92. The Morgan fingerprint density at radius 3 is 2.58 bits per heavy atom. The largest absolute Gasteiger partial charge is 0.337 e. The third-order valence-electron chi connectivity index (χ3n) is 6.93. The lowest BCUT2D eigenvalue weighted by Crippen LogP contribution is -2.32. The van der Waals surface area contributed by atoms with E-state index in [-0.39, 0.29) is 40.7 Å². The number of hydrogen-bond donors (Lipinski definition) is 2. The Morgan fingerprint density at radius 2 is 1.85 bits per heavy atom. The molecule has 3 N–H and O–H groups in total. The van der Waals surface area contributed by atoms with Gasteiger partial charge in [-0.25, -0.2) is 18.7 Å². The Balaban J connectivity index is 1.33. The van der Waals surface area contributed by atoms with Gasteiger partial charge in [-0.15, -0.1) is 0 Å². The molecule has 1 aromatic heterocycles. The molecule has 0 radical (unpaired) electrons. The smallest absolute Gasteiger partial charge is 0.255 e. The third kappa shape index (κ3) is 4.92. The maximum atomic E-state index is 14.8. The van der Waals surface area contributed by atoms with Crippen molar-refractivity contribution in [2.75, 3.05) is 18.4 Å². The number of halogens is 4. The monoisotopic (exact) mass is 578 g/mol. The van der Waals surface area contributed by atoms with Gasteiger partial charge in [-0.2, -0.15) is 0 Å². The van der Waals surface area contributed by atoms with Crippen LogP contribution in [0.4, 0.5) is 20.4 Å². The van der Waals surface area contributed by atoms with Crippen LogP contribution in [0.3, 0.4) is 0 Å². The summed E-state index contributed by atoms with van der Waals surface area (Å²) < 4.78 is 29.6. The molecule has 0 bridgehead atoms. The fourth-order valence-electron chi connectivity index (χ4n) is 4.96. The zero-order chi connectivity index (χ0) is 28.0. The van der Waals surface area contributed by atoms with Crippen molar-refractivity contribution in [2.24, 2.45) is 10.7 Å². The van der Waals surface area contributed by atoms with Gasteiger partial charge in [0.15, 0.2) is 0 Å². The van der Waals surface area contributed by atoms with Crippen molar-refractivity contribution < 1.29 is 13.6 Å². The molecule has 0 spiro atoms. The average Bonchev–Trinajstić information content (AvgIpc) is 3.30. The standard InChI is InChI=1S/C29H22Cl2F2N6O/c30-16-4-6-19-21(10-16)27(25-23(32)2-1-3-24(25)33)35-12-15-13-36-29(38-26(15)19)37-18-5-7-20(22(31)11-18)28(40)39-9-8-17(34)14-39/h1-7,10-11,13,17H,8-9,12,14,34H2,(H,36,37,38). The van der Waals surface area contributed by atoms with Crippen molar-refractivity contribution in [3.8, 4) is 11.3 Å². The molecular weight excluding hydrogens is 557 g/mol. The lowest BCUT2D eigenvalue weighted by atomic mass is 9.95. The summed E-state index contributed by atoms with van der Waals surface area (Å²) in [4.78, 5) is 28.2. The number of carbonyl (C=O) groups is 1. The number of carbonyl (C=O) groups excluding carboxylic acids is 1. The summed E-state index contributed by atoms with van der Waals surface area (Å²) >= 11 is 12.8. The number of anilines is 2. The molecule has 40 heavy (non-hydrogen) atoms. The van der Waals surface area contributed by atoms with E-state index in [0.717, 1.165) is 6.42 Å². The Morgan fingerprint density at radius 1 is 1.05 bits per heavy atom. The van der Waals surface area contributed by atoms with Crippen molar-refractivity contribution in [3.63, 3.8) is 0 Å². The lowest BCUT2D eigenvalue weighted by molar-refractivity contribution is 0.0791. The second kappa shape index (κ2) is 10.6. The molecule has 3 heterocycles. The number of hydrogen-bond acceptors (Lipinski definition) is 6. The van der Waals surface area contributed by atoms with Crippen molar-refractivity contribution in [2.45, 2.75) is 19.0 Å². The van der Waals surface area contributed by atoms with E-state index in [0.29, 0.717) is 51.7 Å². The van der Waals surface area contributed by atoms with Crippen LogP contribution in [0.2, 0.25) is 10.0 Å². The molecule has 1 amide bonds. The average molecular weight is 579 g/mol. The topological polar surface area (TPSA) is 96.5 Å². The maximum Gasteiger partial charge on any atom is 0.255 e. The van der Waals surface area contributed by atoms with E-state index in [1.165, 1.54) is 18.2 Å². The van der Waals surface area contributed by atoms with Gasteiger partial charge in [0, 0.05) is 52.7 Å². The van der Waals surface area contributed by atoms with E-state index in [2.05, 4.69) is 15.3 Å². The zero-order valence-electron chi connectivity index (χ0n) is 21.0. The minimum atomic E-state index is -0.726. The minimum absolute atomic E-state index is 0.0256. The van der Waals surface area contributed by atoms with Gasteiger partial charge in [0.1, 0.15) is 11.6 Å². The van der Waals surface area contributed by atoms with E-state index < -0.39 is 11.6 Å². The van der Waals surface area contributed by atoms with E-state index in [4.69, 9.17) is 33.9 Å². The zero-order valence-corrected chi connectivity index (χ0v) is 22.5. The van der Waals surface area contributed by atoms with Gasteiger partial charge >= 0.3 is 0 Å². The highest BCUT2D eigenvalue weighted by molar-refractivity contribution is 6.34. The third-order valence-corrected chi connectivity index (χ3v) is 7.48. The normalized spacial score (nSPS) is 16.2. The molecule has 1 unspecified atom stereocenters. The SMILES string of the molecule is NC1CCN(C(=O)c2ccc(Nc3ncc4c(n3)-c3ccc(Cl)cc3C(c3c(F)cccc3F)=NC4)cc2Cl)C1. The van der Waals surface area contributed by atoms with Gasteiger partial charge in [-0.05, 0) is 48.9 Å². The fraction of sp³-hybridized carbons (Fsp3) is 0.172. The fourth-order valence-corrected chi connectivity index (χ4v) is 5.39. The number of amides is 1. The van der Waals surface area contributed by atoms with Crippen LogP contribution < -0.4 is 11.1 Å². The maximum absolute atomic E-state index is 14.8. The number of likely N-dealkylation sites (tertiary alicyclic amines) is 1. The molecule has 202 valence electrons. The number of fused-ring (bicyclic) bond motifs is 3. The summed E-state index contributed by atoms with van der Waals surface area (Å²) in [6.45, 7) is 1.20. The summed E-state index contributed by atoms with van der Waals surface area (Å²) in [5.74, 6) is -1.35. The number of aromatic nitrogens is 2. The van der Waals surface area contributed by atoms with Gasteiger partial charge < -0.3 is 16.0 Å². The number of nitrogens with two attached hydrogens (primary N) is 1. The molecule has 2 aliphatic heterocycles. The molecule has 3 aromatic carbocycles. The molecule has 1 atom stereocenters. The molecule has 6 rings (SSSR count). The first-order valence-electron chi connectivity index (χ1n) is 12.5. The van der Waals surface area contributed by atoms with Gasteiger partial charge in [-0.1, -0.05) is 35.3 Å². The molecule has 1 saturated heterocycles. The predicted molar refractivity (Wildman–Crippen MR) is 151 cm³/mol. The summed E-state index contributed by atoms with van der Waals surface area (Å²) in [7, 11) is 0. The quantitative estimate of drug-likeness (QED) is 0.310. The highest BCUT2D eigenvalue weighted by Crippen LogP contribution is 2.35. The van der Waals surface area contributed by atoms with Crippen LogP contribution in [0.15, 0.2) is 65.8 Å². The van der Waals surface area contributed by atoms with Crippen LogP contribution in [0.1, 0.15) is 33.5 Å². The Kier molecular flexibility index (Phi) is 6.95. The summed E-state index contributed by atoms with van der Waals surface area (Å²) in [5.41, 5.74) is 9.09. The first-order valence-corrected chi connectivity index (χ1v) is 13.3. The number of nitrogens with one attached hydrogen (secondary N) is 1. The lowest BCUT2D eigenvalue weighted by Gasteiger charge is -2.17. The van der Waals surface area contributed by atoms with Crippen LogP contribution in [-0.2, 0) is 6.54 Å². The molecule has 1 fully saturated rings. The minimum Gasteiger partial charge on any atom is -0.337 e.